The number of carbonyl (C=O) groups is 1. The van der Waals surface area contributed by atoms with E-state index in [0.29, 0.717) is 12.6 Å². The first-order valence-corrected chi connectivity index (χ1v) is 7.06. The zero-order valence-electron chi connectivity index (χ0n) is 10.7. The van der Waals surface area contributed by atoms with Gasteiger partial charge in [-0.2, -0.15) is 0 Å². The molecule has 0 spiro atoms. The Morgan fingerprint density at radius 1 is 1.24 bits per heavy atom. The lowest BCUT2D eigenvalue weighted by molar-refractivity contribution is -0.130. The van der Waals surface area contributed by atoms with Crippen LogP contribution in [0, 0.1) is 0 Å². The summed E-state index contributed by atoms with van der Waals surface area (Å²) < 4.78 is 0. The van der Waals surface area contributed by atoms with Crippen LogP contribution in [0.15, 0.2) is 0 Å². The topological polar surface area (TPSA) is 58.4 Å². The maximum Gasteiger partial charge on any atom is 0.237 e. The van der Waals surface area contributed by atoms with Crippen molar-refractivity contribution < 1.29 is 4.79 Å². The van der Waals surface area contributed by atoms with Crippen molar-refractivity contribution in [1.82, 2.24) is 10.2 Å². The molecule has 2 aliphatic rings. The van der Waals surface area contributed by atoms with E-state index in [1.807, 2.05) is 0 Å². The van der Waals surface area contributed by atoms with Gasteiger partial charge in [0.15, 0.2) is 0 Å². The third-order valence-corrected chi connectivity index (χ3v) is 4.11. The summed E-state index contributed by atoms with van der Waals surface area (Å²) in [7, 11) is 0. The van der Waals surface area contributed by atoms with Gasteiger partial charge in [0.25, 0.3) is 0 Å². The second-order valence-corrected chi connectivity index (χ2v) is 5.27. The minimum atomic E-state index is 0.0249. The minimum absolute atomic E-state index is 0.0249. The Labute approximate surface area is 104 Å². The van der Waals surface area contributed by atoms with Crippen molar-refractivity contribution in [3.63, 3.8) is 0 Å². The van der Waals surface area contributed by atoms with Gasteiger partial charge in [-0.3, -0.25) is 9.69 Å². The van der Waals surface area contributed by atoms with Crippen LogP contribution in [0.3, 0.4) is 0 Å². The molecular formula is C13H25N3O. The highest BCUT2D eigenvalue weighted by Crippen LogP contribution is 2.25. The van der Waals surface area contributed by atoms with E-state index in [0.717, 1.165) is 19.5 Å². The van der Waals surface area contributed by atoms with Crippen LogP contribution in [0.1, 0.15) is 44.9 Å². The van der Waals surface area contributed by atoms with E-state index in [9.17, 15) is 4.79 Å². The number of amides is 1. The van der Waals surface area contributed by atoms with Crippen LogP contribution in [0.4, 0.5) is 0 Å². The average molecular weight is 239 g/mol. The van der Waals surface area contributed by atoms with Crippen LogP contribution in [0.2, 0.25) is 0 Å². The Hall–Kier alpha value is -0.610. The fourth-order valence-electron chi connectivity index (χ4n) is 3.21. The molecule has 98 valence electrons. The highest BCUT2D eigenvalue weighted by Gasteiger charge is 2.33. The number of hydrogen-bond donors (Lipinski definition) is 2. The second-order valence-electron chi connectivity index (χ2n) is 5.27. The number of nitrogens with two attached hydrogens (primary N) is 1. The first kappa shape index (κ1) is 12.8. The van der Waals surface area contributed by atoms with Crippen LogP contribution in [0.5, 0.6) is 0 Å². The standard InChI is InChI=1S/C13H25N3O/c14-8-7-12-13(17)15-9-10-16(12)11-5-3-1-2-4-6-11/h11-12H,1-10,14H2,(H,15,17). The number of nitrogens with zero attached hydrogens (tertiary/aromatic N) is 1. The summed E-state index contributed by atoms with van der Waals surface area (Å²) in [6, 6.07) is 0.636. The average Bonchev–Trinajstić information content (AvgIpc) is 2.60. The Balaban J connectivity index is 2.01. The van der Waals surface area contributed by atoms with Crippen LogP contribution in [-0.2, 0) is 4.79 Å². The molecule has 0 bridgehead atoms. The van der Waals surface area contributed by atoms with E-state index in [2.05, 4.69) is 10.2 Å². The predicted molar refractivity (Wildman–Crippen MR) is 68.7 cm³/mol. The summed E-state index contributed by atoms with van der Waals surface area (Å²) in [4.78, 5) is 14.3. The zero-order valence-corrected chi connectivity index (χ0v) is 10.7. The number of rotatable bonds is 3. The monoisotopic (exact) mass is 239 g/mol. The molecule has 1 saturated heterocycles. The van der Waals surface area contributed by atoms with Crippen LogP contribution in [-0.4, -0.2) is 42.5 Å². The van der Waals surface area contributed by atoms with Gasteiger partial charge >= 0.3 is 0 Å². The lowest BCUT2D eigenvalue weighted by Gasteiger charge is -2.40. The van der Waals surface area contributed by atoms with Gasteiger partial charge in [-0.15, -0.1) is 0 Å². The molecule has 1 unspecified atom stereocenters. The molecule has 1 aliphatic carbocycles. The van der Waals surface area contributed by atoms with Crippen LogP contribution in [0.25, 0.3) is 0 Å². The summed E-state index contributed by atoms with van der Waals surface area (Å²) in [6.07, 6.45) is 8.66. The molecule has 0 radical (unpaired) electrons. The van der Waals surface area contributed by atoms with Crippen molar-refractivity contribution in [3.05, 3.63) is 0 Å². The van der Waals surface area contributed by atoms with E-state index < -0.39 is 0 Å². The molecule has 4 nitrogen and oxygen atoms in total. The molecule has 1 aliphatic heterocycles. The largest absolute Gasteiger partial charge is 0.353 e. The summed E-state index contributed by atoms with van der Waals surface area (Å²) >= 11 is 0. The molecule has 2 fully saturated rings. The third kappa shape index (κ3) is 3.19. The van der Waals surface area contributed by atoms with E-state index in [1.165, 1.54) is 38.5 Å². The molecule has 4 heteroatoms. The van der Waals surface area contributed by atoms with E-state index in [-0.39, 0.29) is 11.9 Å². The minimum Gasteiger partial charge on any atom is -0.353 e. The first-order valence-electron chi connectivity index (χ1n) is 7.06. The fourth-order valence-corrected chi connectivity index (χ4v) is 3.21. The van der Waals surface area contributed by atoms with Crippen molar-refractivity contribution >= 4 is 5.91 Å². The maximum absolute atomic E-state index is 11.9. The van der Waals surface area contributed by atoms with E-state index in [1.54, 1.807) is 0 Å². The van der Waals surface area contributed by atoms with Crippen molar-refractivity contribution in [3.8, 4) is 0 Å². The van der Waals surface area contributed by atoms with Gasteiger partial charge < -0.3 is 11.1 Å². The Morgan fingerprint density at radius 2 is 1.94 bits per heavy atom. The SMILES string of the molecule is NCCC1C(=O)NCCN1C1CCCCCC1. The Kier molecular flexibility index (Phi) is 4.80. The fraction of sp³-hybridized carbons (Fsp3) is 0.923. The van der Waals surface area contributed by atoms with E-state index >= 15 is 0 Å². The summed E-state index contributed by atoms with van der Waals surface area (Å²) in [5, 5.41) is 2.97. The normalized spacial score (nSPS) is 28.8. The molecular weight excluding hydrogens is 214 g/mol. The second kappa shape index (κ2) is 6.36. The van der Waals surface area contributed by atoms with Crippen molar-refractivity contribution in [2.45, 2.75) is 57.0 Å². The van der Waals surface area contributed by atoms with Crippen molar-refractivity contribution in [1.29, 1.82) is 0 Å². The number of hydrogen-bond acceptors (Lipinski definition) is 3. The molecule has 0 aromatic rings. The summed E-state index contributed by atoms with van der Waals surface area (Å²) in [5.41, 5.74) is 5.64. The van der Waals surface area contributed by atoms with Crippen molar-refractivity contribution in [2.24, 2.45) is 5.73 Å². The summed E-state index contributed by atoms with van der Waals surface area (Å²) in [6.45, 7) is 2.40. The Bertz CT molecular complexity index is 249. The lowest BCUT2D eigenvalue weighted by atomic mass is 10.0. The van der Waals surface area contributed by atoms with E-state index in [4.69, 9.17) is 5.73 Å². The van der Waals surface area contributed by atoms with Gasteiger partial charge in [0.2, 0.25) is 5.91 Å². The number of carbonyl (C=O) groups excluding carboxylic acids is 1. The lowest BCUT2D eigenvalue weighted by Crippen LogP contribution is -2.58. The Morgan fingerprint density at radius 3 is 2.59 bits per heavy atom. The molecule has 1 atom stereocenters. The molecule has 1 heterocycles. The van der Waals surface area contributed by atoms with Crippen LogP contribution < -0.4 is 11.1 Å². The van der Waals surface area contributed by atoms with Gasteiger partial charge in [0.05, 0.1) is 6.04 Å². The number of piperazine rings is 1. The van der Waals surface area contributed by atoms with Gasteiger partial charge in [-0.25, -0.2) is 0 Å². The van der Waals surface area contributed by atoms with Gasteiger partial charge in [-0.1, -0.05) is 25.7 Å². The van der Waals surface area contributed by atoms with Gasteiger partial charge in [0, 0.05) is 19.1 Å². The molecule has 1 amide bonds. The summed E-state index contributed by atoms with van der Waals surface area (Å²) in [5.74, 6) is 0.186. The molecule has 3 N–H and O–H groups in total. The molecule has 17 heavy (non-hydrogen) atoms. The quantitative estimate of drug-likeness (QED) is 0.718. The highest BCUT2D eigenvalue weighted by atomic mass is 16.2. The van der Waals surface area contributed by atoms with Gasteiger partial charge in [0.1, 0.15) is 0 Å². The van der Waals surface area contributed by atoms with Gasteiger partial charge in [-0.05, 0) is 25.8 Å². The smallest absolute Gasteiger partial charge is 0.237 e. The van der Waals surface area contributed by atoms with Crippen molar-refractivity contribution in [2.75, 3.05) is 19.6 Å². The van der Waals surface area contributed by atoms with Crippen LogP contribution >= 0.6 is 0 Å². The molecule has 0 aromatic heterocycles. The first-order chi connectivity index (χ1) is 8.33. The number of nitrogens with one attached hydrogen (secondary N) is 1. The highest BCUT2D eigenvalue weighted by molar-refractivity contribution is 5.82. The molecule has 0 aromatic carbocycles. The predicted octanol–water partition coefficient (Wildman–Crippen LogP) is 0.858. The molecule has 1 saturated carbocycles. The molecule has 2 rings (SSSR count). The zero-order chi connectivity index (χ0) is 12.1. The third-order valence-electron chi connectivity index (χ3n) is 4.11. The maximum atomic E-state index is 11.9.